The summed E-state index contributed by atoms with van der Waals surface area (Å²) in [5.41, 5.74) is 7.54. The third-order valence-corrected chi connectivity index (χ3v) is 7.21. The zero-order chi connectivity index (χ0) is 20.8. The third-order valence-electron chi connectivity index (χ3n) is 4.94. The summed E-state index contributed by atoms with van der Waals surface area (Å²) in [6.45, 7) is 0. The number of imidazole rings is 1. The van der Waals surface area contributed by atoms with Gasteiger partial charge in [0, 0.05) is 11.8 Å². The molecule has 0 unspecified atom stereocenters. The molecule has 0 radical (unpaired) electrons. The first kappa shape index (κ1) is 19.5. The molecule has 0 aliphatic carbocycles. The maximum atomic E-state index is 10.6. The molecular weight excluding hydrogens is 428 g/mol. The molecule has 0 spiro atoms. The molecular formula is C18H18N6O4S2. The molecule has 1 aliphatic rings. The Labute approximate surface area is 178 Å². The van der Waals surface area contributed by atoms with Crippen molar-refractivity contribution in [3.63, 3.8) is 0 Å². The molecule has 3 aromatic heterocycles. The van der Waals surface area contributed by atoms with Gasteiger partial charge in [-0.2, -0.15) is 0 Å². The Morgan fingerprint density at radius 2 is 2.13 bits per heavy atom. The highest BCUT2D eigenvalue weighted by Gasteiger charge is 2.44. The first-order chi connectivity index (χ1) is 14.5. The van der Waals surface area contributed by atoms with Crippen LogP contribution in [0.25, 0.3) is 21.4 Å². The van der Waals surface area contributed by atoms with Crippen LogP contribution in [-0.2, 0) is 4.74 Å². The third kappa shape index (κ3) is 3.26. The lowest BCUT2D eigenvalue weighted by Crippen LogP contribution is -2.32. The van der Waals surface area contributed by atoms with Crippen molar-refractivity contribution in [1.82, 2.24) is 24.5 Å². The first-order valence-corrected chi connectivity index (χ1v) is 10.9. The van der Waals surface area contributed by atoms with Gasteiger partial charge in [0.1, 0.15) is 29.8 Å². The fourth-order valence-corrected chi connectivity index (χ4v) is 5.51. The van der Waals surface area contributed by atoms with Crippen LogP contribution in [0.4, 0.5) is 5.82 Å². The Balaban J connectivity index is 1.33. The van der Waals surface area contributed by atoms with Crippen LogP contribution in [0.2, 0.25) is 0 Å². The van der Waals surface area contributed by atoms with Crippen molar-refractivity contribution < 1.29 is 19.7 Å². The van der Waals surface area contributed by atoms with E-state index < -0.39 is 24.5 Å². The van der Waals surface area contributed by atoms with Gasteiger partial charge < -0.3 is 25.4 Å². The smallest absolute Gasteiger partial charge is 0.167 e. The van der Waals surface area contributed by atoms with Crippen LogP contribution in [0.3, 0.4) is 0 Å². The molecule has 1 fully saturated rings. The molecule has 156 valence electrons. The van der Waals surface area contributed by atoms with Crippen LogP contribution in [0.1, 0.15) is 6.23 Å². The van der Waals surface area contributed by atoms with Gasteiger partial charge in [0.25, 0.3) is 0 Å². The quantitative estimate of drug-likeness (QED) is 0.386. The second-order valence-electron chi connectivity index (χ2n) is 6.75. The maximum absolute atomic E-state index is 10.6. The van der Waals surface area contributed by atoms with Gasteiger partial charge in [-0.1, -0.05) is 11.8 Å². The fourth-order valence-electron chi connectivity index (χ4n) is 3.38. The molecule has 0 amide bonds. The zero-order valence-electron chi connectivity index (χ0n) is 15.7. The zero-order valence-corrected chi connectivity index (χ0v) is 17.4. The number of ether oxygens (including phenoxy) is 2. The highest BCUT2D eigenvalue weighted by molar-refractivity contribution is 8.01. The molecule has 1 aliphatic heterocycles. The van der Waals surface area contributed by atoms with Crippen LogP contribution in [0.5, 0.6) is 5.75 Å². The summed E-state index contributed by atoms with van der Waals surface area (Å²) < 4.78 is 14.7. The minimum absolute atomic E-state index is 0.242. The number of thiazole rings is 1. The number of rotatable bonds is 5. The van der Waals surface area contributed by atoms with E-state index in [1.165, 1.54) is 24.4 Å². The van der Waals surface area contributed by atoms with Gasteiger partial charge in [0.05, 0.1) is 29.8 Å². The molecule has 4 N–H and O–H groups in total. The lowest BCUT2D eigenvalue weighted by Gasteiger charge is -2.16. The minimum Gasteiger partial charge on any atom is -0.497 e. The van der Waals surface area contributed by atoms with Gasteiger partial charge in [0.2, 0.25) is 0 Å². The van der Waals surface area contributed by atoms with E-state index in [9.17, 15) is 10.2 Å². The lowest BCUT2D eigenvalue weighted by molar-refractivity contribution is -0.0289. The van der Waals surface area contributed by atoms with Gasteiger partial charge in [-0.15, -0.1) is 11.3 Å². The molecule has 0 saturated carbocycles. The minimum atomic E-state index is -1.14. The van der Waals surface area contributed by atoms with Crippen LogP contribution < -0.4 is 10.5 Å². The number of aromatic nitrogens is 5. The number of fused-ring (bicyclic) bond motifs is 2. The molecule has 12 heteroatoms. The Bertz CT molecular complexity index is 1210. The summed E-state index contributed by atoms with van der Waals surface area (Å²) in [4.78, 5) is 16.9. The van der Waals surface area contributed by atoms with Gasteiger partial charge in [-0.3, -0.25) is 4.57 Å². The van der Waals surface area contributed by atoms with Crippen molar-refractivity contribution >= 4 is 50.3 Å². The summed E-state index contributed by atoms with van der Waals surface area (Å²) in [5.74, 6) is 1.42. The van der Waals surface area contributed by atoms with Gasteiger partial charge >= 0.3 is 0 Å². The normalized spacial score (nSPS) is 24.1. The number of hydrogen-bond acceptors (Lipinski definition) is 11. The molecule has 10 nitrogen and oxygen atoms in total. The van der Waals surface area contributed by atoms with Gasteiger partial charge in [-0.05, 0) is 12.1 Å². The Kier molecular flexibility index (Phi) is 4.95. The number of aliphatic hydroxyl groups excluding tert-OH is 2. The van der Waals surface area contributed by atoms with Crippen molar-refractivity contribution in [3.8, 4) is 5.75 Å². The topological polar surface area (TPSA) is 141 Å². The second-order valence-corrected chi connectivity index (χ2v) is 9.05. The van der Waals surface area contributed by atoms with Crippen LogP contribution in [0, 0.1) is 0 Å². The van der Waals surface area contributed by atoms with E-state index in [-0.39, 0.29) is 5.82 Å². The number of benzene rings is 1. The fraction of sp³-hybridized carbons (Fsp3) is 0.333. The molecule has 1 saturated heterocycles. The molecule has 4 aromatic rings. The predicted octanol–water partition coefficient (Wildman–Crippen LogP) is 1.44. The van der Waals surface area contributed by atoms with Crippen molar-refractivity contribution in [3.05, 3.63) is 30.9 Å². The van der Waals surface area contributed by atoms with E-state index in [4.69, 9.17) is 15.2 Å². The van der Waals surface area contributed by atoms with E-state index in [0.717, 1.165) is 20.3 Å². The van der Waals surface area contributed by atoms with Crippen LogP contribution in [-0.4, -0.2) is 65.9 Å². The van der Waals surface area contributed by atoms with E-state index >= 15 is 0 Å². The highest BCUT2D eigenvalue weighted by atomic mass is 32.2. The Morgan fingerprint density at radius 3 is 2.97 bits per heavy atom. The second kappa shape index (κ2) is 7.63. The predicted molar refractivity (Wildman–Crippen MR) is 113 cm³/mol. The summed E-state index contributed by atoms with van der Waals surface area (Å²) in [7, 11) is 1.62. The van der Waals surface area contributed by atoms with Gasteiger partial charge in [-0.25, -0.2) is 19.9 Å². The van der Waals surface area contributed by atoms with Gasteiger partial charge in [0.15, 0.2) is 22.0 Å². The molecule has 4 atom stereocenters. The van der Waals surface area contributed by atoms with E-state index in [2.05, 4.69) is 19.9 Å². The van der Waals surface area contributed by atoms with Crippen molar-refractivity contribution in [2.45, 2.75) is 28.9 Å². The standard InChI is InChI=1S/C18H18N6O4S2/c1-27-8-2-3-11-9(4-8)23-18(30-11)29-5-10-13(25)14(26)17(28-10)24-7-22-12-15(19)20-6-21-16(12)24/h2-4,6-7,10,13-14,17,25-26H,5H2,1H3,(H2,19,20,21)/t10-,13-,14-,17-/m1/s1. The number of anilines is 1. The average molecular weight is 447 g/mol. The summed E-state index contributed by atoms with van der Waals surface area (Å²) in [5, 5.41) is 21.1. The monoisotopic (exact) mass is 446 g/mol. The van der Waals surface area contributed by atoms with Crippen molar-refractivity contribution in [2.75, 3.05) is 18.6 Å². The van der Waals surface area contributed by atoms with E-state index in [0.29, 0.717) is 16.9 Å². The number of hydrogen-bond donors (Lipinski definition) is 3. The number of nitrogens with zero attached hydrogens (tertiary/aromatic N) is 5. The van der Waals surface area contributed by atoms with E-state index in [1.54, 1.807) is 23.0 Å². The summed E-state index contributed by atoms with van der Waals surface area (Å²) in [6, 6.07) is 5.74. The average Bonchev–Trinajstić information content (AvgIpc) is 3.43. The van der Waals surface area contributed by atoms with Crippen molar-refractivity contribution in [2.24, 2.45) is 0 Å². The molecule has 0 bridgehead atoms. The molecule has 5 rings (SSSR count). The SMILES string of the molecule is COc1ccc2sc(SC[C@H]3O[C@@H](n4cnc5c(N)ncnc54)[C@H](O)[C@@H]3O)nc2c1. The largest absolute Gasteiger partial charge is 0.497 e. The number of aliphatic hydroxyl groups is 2. The summed E-state index contributed by atoms with van der Waals surface area (Å²) >= 11 is 3.02. The van der Waals surface area contributed by atoms with Crippen LogP contribution >= 0.6 is 23.1 Å². The lowest BCUT2D eigenvalue weighted by atomic mass is 10.1. The van der Waals surface area contributed by atoms with E-state index in [1.807, 2.05) is 18.2 Å². The number of thioether (sulfide) groups is 1. The Morgan fingerprint density at radius 1 is 1.27 bits per heavy atom. The first-order valence-electron chi connectivity index (χ1n) is 9.07. The molecule has 1 aromatic carbocycles. The molecule has 30 heavy (non-hydrogen) atoms. The molecule has 4 heterocycles. The number of nitrogen functional groups attached to an aromatic ring is 1. The number of nitrogens with two attached hydrogens (primary N) is 1. The van der Waals surface area contributed by atoms with Crippen molar-refractivity contribution in [1.29, 1.82) is 0 Å². The van der Waals surface area contributed by atoms with Crippen LogP contribution in [0.15, 0.2) is 35.2 Å². The summed E-state index contributed by atoms with van der Waals surface area (Å²) in [6.07, 6.45) is -0.814. The highest BCUT2D eigenvalue weighted by Crippen LogP contribution is 2.37. The Hall–Kier alpha value is -2.51. The number of methoxy groups -OCH3 is 1. The maximum Gasteiger partial charge on any atom is 0.167 e.